The molecule has 20 heavy (non-hydrogen) atoms. The first kappa shape index (κ1) is 16.4. The molecule has 110 valence electrons. The van der Waals surface area contributed by atoms with Gasteiger partial charge in [-0.15, -0.1) is 0 Å². The first-order chi connectivity index (χ1) is 9.56. The van der Waals surface area contributed by atoms with E-state index in [4.69, 9.17) is 11.6 Å². The van der Waals surface area contributed by atoms with Gasteiger partial charge in [-0.25, -0.2) is 4.39 Å². The lowest BCUT2D eigenvalue weighted by Gasteiger charge is -2.08. The number of nitrogens with one attached hydrogen (secondary N) is 2. The van der Waals surface area contributed by atoms with Crippen molar-refractivity contribution in [1.29, 1.82) is 0 Å². The summed E-state index contributed by atoms with van der Waals surface area (Å²) in [6, 6.07) is 4.06. The third kappa shape index (κ3) is 5.17. The molecule has 6 heteroatoms. The molecule has 0 saturated carbocycles. The molecule has 0 radical (unpaired) electrons. The van der Waals surface area contributed by atoms with Gasteiger partial charge in [-0.05, 0) is 18.6 Å². The number of carbonyl (C=O) groups excluding carboxylic acids is 2. The van der Waals surface area contributed by atoms with Crippen molar-refractivity contribution in [2.75, 3.05) is 13.1 Å². The fraction of sp³-hybridized carbons (Fsp3) is 0.429. The lowest BCUT2D eigenvalue weighted by atomic mass is 10.2. The van der Waals surface area contributed by atoms with Crippen LogP contribution in [0.2, 0.25) is 5.02 Å². The van der Waals surface area contributed by atoms with Crippen molar-refractivity contribution in [1.82, 2.24) is 10.6 Å². The van der Waals surface area contributed by atoms with E-state index < -0.39 is 11.7 Å². The summed E-state index contributed by atoms with van der Waals surface area (Å²) < 4.78 is 13.5. The first-order valence-electron chi connectivity index (χ1n) is 6.55. The maximum Gasteiger partial charge on any atom is 0.255 e. The minimum atomic E-state index is -0.665. The minimum absolute atomic E-state index is 0.0509. The third-order valence-corrected chi connectivity index (χ3v) is 2.99. The zero-order chi connectivity index (χ0) is 15.0. The average molecular weight is 301 g/mol. The summed E-state index contributed by atoms with van der Waals surface area (Å²) in [7, 11) is 0. The summed E-state index contributed by atoms with van der Waals surface area (Å²) in [5.41, 5.74) is -0.175. The second-order valence-electron chi connectivity index (χ2n) is 4.31. The zero-order valence-corrected chi connectivity index (χ0v) is 12.1. The van der Waals surface area contributed by atoms with Gasteiger partial charge < -0.3 is 10.6 Å². The van der Waals surface area contributed by atoms with Crippen molar-refractivity contribution >= 4 is 23.4 Å². The van der Waals surface area contributed by atoms with Gasteiger partial charge in [0.2, 0.25) is 5.91 Å². The molecule has 0 saturated heterocycles. The highest BCUT2D eigenvalue weighted by atomic mass is 35.5. The Morgan fingerprint density at radius 3 is 2.60 bits per heavy atom. The summed E-state index contributed by atoms with van der Waals surface area (Å²) in [6.45, 7) is 2.54. The van der Waals surface area contributed by atoms with Crippen LogP contribution in [0.5, 0.6) is 0 Å². The Morgan fingerprint density at radius 2 is 1.95 bits per heavy atom. The molecule has 0 bridgehead atoms. The van der Waals surface area contributed by atoms with E-state index in [1.807, 2.05) is 6.92 Å². The molecule has 0 aliphatic heterocycles. The van der Waals surface area contributed by atoms with Crippen LogP contribution in [0.15, 0.2) is 18.2 Å². The highest BCUT2D eigenvalue weighted by Crippen LogP contribution is 2.18. The van der Waals surface area contributed by atoms with E-state index in [1.165, 1.54) is 18.2 Å². The van der Waals surface area contributed by atoms with Crippen molar-refractivity contribution in [3.63, 3.8) is 0 Å². The van der Waals surface area contributed by atoms with Crippen LogP contribution in [0.3, 0.4) is 0 Å². The minimum Gasteiger partial charge on any atom is -0.354 e. The second-order valence-corrected chi connectivity index (χ2v) is 4.71. The van der Waals surface area contributed by atoms with Crippen molar-refractivity contribution < 1.29 is 14.0 Å². The Bertz CT molecular complexity index is 460. The molecule has 0 aliphatic rings. The van der Waals surface area contributed by atoms with Crippen LogP contribution < -0.4 is 10.6 Å². The van der Waals surface area contributed by atoms with Crippen molar-refractivity contribution in [2.45, 2.75) is 26.2 Å². The van der Waals surface area contributed by atoms with Gasteiger partial charge in [-0.2, -0.15) is 0 Å². The number of carbonyl (C=O) groups is 2. The Morgan fingerprint density at radius 1 is 1.25 bits per heavy atom. The van der Waals surface area contributed by atoms with E-state index in [0.29, 0.717) is 13.0 Å². The van der Waals surface area contributed by atoms with Crippen LogP contribution in [0.25, 0.3) is 0 Å². The normalized spacial score (nSPS) is 10.2. The molecule has 2 amide bonds. The van der Waals surface area contributed by atoms with Gasteiger partial charge in [0.15, 0.2) is 0 Å². The maximum absolute atomic E-state index is 13.5. The summed E-state index contributed by atoms with van der Waals surface area (Å²) in [5, 5.41) is 5.25. The number of unbranched alkanes of at least 4 members (excludes halogenated alkanes) is 1. The molecule has 0 atom stereocenters. The molecule has 1 rings (SSSR count). The molecule has 0 unspecified atom stereocenters. The van der Waals surface area contributed by atoms with Crippen LogP contribution in [0, 0.1) is 5.82 Å². The van der Waals surface area contributed by atoms with Gasteiger partial charge in [0.25, 0.3) is 5.91 Å². The van der Waals surface area contributed by atoms with Crippen molar-refractivity contribution in [2.24, 2.45) is 0 Å². The van der Waals surface area contributed by atoms with Crippen LogP contribution >= 0.6 is 11.6 Å². The van der Waals surface area contributed by atoms with E-state index in [1.54, 1.807) is 0 Å². The van der Waals surface area contributed by atoms with Crippen molar-refractivity contribution in [3.05, 3.63) is 34.6 Å². The number of halogens is 2. The number of hydrogen-bond acceptors (Lipinski definition) is 2. The molecular formula is C14H18ClFN2O2. The van der Waals surface area contributed by atoms with E-state index in [-0.39, 0.29) is 23.0 Å². The predicted molar refractivity (Wildman–Crippen MR) is 76.3 cm³/mol. The SMILES string of the molecule is CCCCC(=O)NCCNC(=O)c1c(F)cccc1Cl. The Hall–Kier alpha value is -1.62. The monoisotopic (exact) mass is 300 g/mol. The quantitative estimate of drug-likeness (QED) is 0.760. The molecule has 0 aliphatic carbocycles. The first-order valence-corrected chi connectivity index (χ1v) is 6.93. The Kier molecular flexibility index (Phi) is 7.01. The highest BCUT2D eigenvalue weighted by Gasteiger charge is 2.14. The van der Waals surface area contributed by atoms with Crippen LogP contribution in [0.4, 0.5) is 4.39 Å². The average Bonchev–Trinajstić information content (AvgIpc) is 2.41. The van der Waals surface area contributed by atoms with Gasteiger partial charge in [0.1, 0.15) is 5.82 Å². The molecule has 1 aromatic rings. The van der Waals surface area contributed by atoms with Crippen LogP contribution in [-0.2, 0) is 4.79 Å². The van der Waals surface area contributed by atoms with E-state index in [2.05, 4.69) is 10.6 Å². The summed E-state index contributed by atoms with van der Waals surface area (Å²) in [5.74, 6) is -1.30. The van der Waals surface area contributed by atoms with Gasteiger partial charge in [0.05, 0.1) is 10.6 Å². The summed E-state index contributed by atoms with van der Waals surface area (Å²) in [4.78, 5) is 23.1. The largest absolute Gasteiger partial charge is 0.354 e. The smallest absolute Gasteiger partial charge is 0.255 e. The Balaban J connectivity index is 2.35. The molecular weight excluding hydrogens is 283 g/mol. The molecule has 1 aromatic carbocycles. The zero-order valence-electron chi connectivity index (χ0n) is 11.3. The lowest BCUT2D eigenvalue weighted by molar-refractivity contribution is -0.121. The second kappa shape index (κ2) is 8.53. The van der Waals surface area contributed by atoms with E-state index >= 15 is 0 Å². The third-order valence-electron chi connectivity index (χ3n) is 2.68. The van der Waals surface area contributed by atoms with Crippen LogP contribution in [-0.4, -0.2) is 24.9 Å². The number of hydrogen-bond donors (Lipinski definition) is 2. The number of amides is 2. The van der Waals surface area contributed by atoms with Crippen LogP contribution in [0.1, 0.15) is 36.5 Å². The predicted octanol–water partition coefficient (Wildman–Crippen LogP) is 2.52. The topological polar surface area (TPSA) is 58.2 Å². The van der Waals surface area contributed by atoms with E-state index in [0.717, 1.165) is 12.8 Å². The lowest BCUT2D eigenvalue weighted by Crippen LogP contribution is -2.35. The molecule has 4 nitrogen and oxygen atoms in total. The Labute approximate surface area is 122 Å². The molecule has 0 fully saturated rings. The molecule has 0 aromatic heterocycles. The standard InChI is InChI=1S/C14H18ClFN2O2/c1-2-3-7-12(19)17-8-9-18-14(20)13-10(15)5-4-6-11(13)16/h4-6H,2-3,7-9H2,1H3,(H,17,19)(H,18,20). The molecule has 0 heterocycles. The van der Waals surface area contributed by atoms with Crippen molar-refractivity contribution in [3.8, 4) is 0 Å². The number of benzene rings is 1. The highest BCUT2D eigenvalue weighted by molar-refractivity contribution is 6.33. The van der Waals surface area contributed by atoms with Gasteiger partial charge in [0, 0.05) is 19.5 Å². The summed E-state index contributed by atoms with van der Waals surface area (Å²) in [6.07, 6.45) is 2.27. The van der Waals surface area contributed by atoms with Gasteiger partial charge in [-0.3, -0.25) is 9.59 Å². The number of rotatable bonds is 7. The fourth-order valence-electron chi connectivity index (χ4n) is 1.61. The molecule has 2 N–H and O–H groups in total. The van der Waals surface area contributed by atoms with E-state index in [9.17, 15) is 14.0 Å². The maximum atomic E-state index is 13.5. The molecule has 0 spiro atoms. The fourth-order valence-corrected chi connectivity index (χ4v) is 1.86. The summed E-state index contributed by atoms with van der Waals surface area (Å²) >= 11 is 5.77. The van der Waals surface area contributed by atoms with Gasteiger partial charge >= 0.3 is 0 Å². The van der Waals surface area contributed by atoms with Gasteiger partial charge in [-0.1, -0.05) is 31.0 Å².